The molecular weight excluding hydrogens is 707 g/mol. The topological polar surface area (TPSA) is 3.24 Å². The van der Waals surface area contributed by atoms with E-state index in [9.17, 15) is 0 Å². The van der Waals surface area contributed by atoms with Crippen LogP contribution in [0.5, 0.6) is 0 Å². The molecule has 2 heteroatoms. The Labute approximate surface area is 336 Å². The van der Waals surface area contributed by atoms with Crippen LogP contribution in [-0.2, 0) is 0 Å². The molecule has 0 atom stereocenters. The fourth-order valence-electron chi connectivity index (χ4n) is 8.61. The summed E-state index contributed by atoms with van der Waals surface area (Å²) in [4.78, 5) is 2.43. The number of hydrogen-bond acceptors (Lipinski definition) is 2. The molecular formula is C55H37NS. The molecule has 0 radical (unpaired) electrons. The predicted octanol–water partition coefficient (Wildman–Crippen LogP) is 16.3. The average Bonchev–Trinajstić information content (AvgIpc) is 3.68. The molecule has 11 aromatic rings. The van der Waals surface area contributed by atoms with E-state index in [1.807, 2.05) is 11.3 Å². The molecule has 1 aromatic heterocycles. The SMILES string of the molecule is Cc1cc2ccccc2c2c1sc1c(N(c3ccc(-c4ccccc4)cc3)c3ccc(-c4ccc5cc(-c6ccc7ccccc7c6)ccc5c4)cc3)cccc12. The lowest BCUT2D eigenvalue weighted by Crippen LogP contribution is -2.10. The van der Waals surface area contributed by atoms with Crippen molar-refractivity contribution < 1.29 is 0 Å². The van der Waals surface area contributed by atoms with Crippen LogP contribution < -0.4 is 4.90 Å². The lowest BCUT2D eigenvalue weighted by molar-refractivity contribution is 1.30. The van der Waals surface area contributed by atoms with E-state index in [-0.39, 0.29) is 0 Å². The molecule has 0 spiro atoms. The van der Waals surface area contributed by atoms with Crippen molar-refractivity contribution in [2.24, 2.45) is 0 Å². The zero-order chi connectivity index (χ0) is 37.9. The first kappa shape index (κ1) is 33.3. The molecule has 0 fully saturated rings. The van der Waals surface area contributed by atoms with E-state index >= 15 is 0 Å². The van der Waals surface area contributed by atoms with E-state index < -0.39 is 0 Å². The van der Waals surface area contributed by atoms with Gasteiger partial charge in [0, 0.05) is 26.8 Å². The molecule has 1 heterocycles. The monoisotopic (exact) mass is 743 g/mol. The van der Waals surface area contributed by atoms with Crippen molar-refractivity contribution in [1.82, 2.24) is 0 Å². The van der Waals surface area contributed by atoms with Gasteiger partial charge in [-0.3, -0.25) is 0 Å². The van der Waals surface area contributed by atoms with Gasteiger partial charge in [0.2, 0.25) is 0 Å². The third-order valence-corrected chi connectivity index (χ3v) is 12.9. The summed E-state index contributed by atoms with van der Waals surface area (Å²) >= 11 is 1.91. The van der Waals surface area contributed by atoms with Crippen LogP contribution in [0.4, 0.5) is 17.1 Å². The minimum atomic E-state index is 1.12. The molecule has 0 unspecified atom stereocenters. The van der Waals surface area contributed by atoms with E-state index in [1.54, 1.807) is 0 Å². The van der Waals surface area contributed by atoms with Gasteiger partial charge in [0.1, 0.15) is 0 Å². The summed E-state index contributed by atoms with van der Waals surface area (Å²) in [5, 5.41) is 10.3. The summed E-state index contributed by atoms with van der Waals surface area (Å²) in [7, 11) is 0. The Morgan fingerprint density at radius 3 is 1.47 bits per heavy atom. The van der Waals surface area contributed by atoms with Crippen LogP contribution in [0.1, 0.15) is 5.56 Å². The van der Waals surface area contributed by atoms with Crippen molar-refractivity contribution >= 4 is 80.9 Å². The molecule has 57 heavy (non-hydrogen) atoms. The van der Waals surface area contributed by atoms with Crippen LogP contribution in [0.25, 0.3) is 85.9 Å². The number of rotatable bonds is 6. The smallest absolute Gasteiger partial charge is 0.0640 e. The highest BCUT2D eigenvalue weighted by molar-refractivity contribution is 7.26. The summed E-state index contributed by atoms with van der Waals surface area (Å²) in [6, 6.07) is 75.6. The molecule has 0 aliphatic carbocycles. The van der Waals surface area contributed by atoms with Crippen LogP contribution >= 0.6 is 11.3 Å². The van der Waals surface area contributed by atoms with E-state index in [4.69, 9.17) is 0 Å². The van der Waals surface area contributed by atoms with Crippen LogP contribution in [0.3, 0.4) is 0 Å². The van der Waals surface area contributed by atoms with Gasteiger partial charge in [-0.1, -0.05) is 152 Å². The van der Waals surface area contributed by atoms with Gasteiger partial charge in [0.25, 0.3) is 0 Å². The van der Waals surface area contributed by atoms with Crippen molar-refractivity contribution in [3.63, 3.8) is 0 Å². The van der Waals surface area contributed by atoms with Crippen LogP contribution in [0, 0.1) is 6.92 Å². The summed E-state index contributed by atoms with van der Waals surface area (Å²) in [6.07, 6.45) is 0. The van der Waals surface area contributed by atoms with Crippen molar-refractivity contribution in [2.75, 3.05) is 4.90 Å². The molecule has 268 valence electrons. The standard InChI is InChI=1S/C55H37NS/c1-36-32-47-14-7-8-15-50(47)53-51-16-9-17-52(55(51)57-54(36)53)56(48-28-24-39(25-29-48)37-10-3-2-4-11-37)49-30-26-40(27-31-49)42-20-21-45-35-46(23-22-44(45)34-42)43-19-18-38-12-5-6-13-41(38)33-43/h2-35H,1H3. The lowest BCUT2D eigenvalue weighted by atomic mass is 9.96. The number of fused-ring (bicyclic) bond motifs is 7. The van der Waals surface area contributed by atoms with Crippen LogP contribution in [-0.4, -0.2) is 0 Å². The van der Waals surface area contributed by atoms with E-state index in [0.717, 1.165) is 11.4 Å². The van der Waals surface area contributed by atoms with Gasteiger partial charge in [-0.05, 0) is 133 Å². The second-order valence-electron chi connectivity index (χ2n) is 15.0. The fourth-order valence-corrected chi connectivity index (χ4v) is 9.90. The number of thiophene rings is 1. The molecule has 11 rings (SSSR count). The molecule has 0 amide bonds. The Hall–Kier alpha value is -7.00. The van der Waals surface area contributed by atoms with Gasteiger partial charge in [-0.2, -0.15) is 0 Å². The third kappa shape index (κ3) is 5.85. The first-order valence-corrected chi connectivity index (χ1v) is 20.4. The molecule has 0 N–H and O–H groups in total. The zero-order valence-corrected chi connectivity index (χ0v) is 32.3. The van der Waals surface area contributed by atoms with Crippen LogP contribution in [0.15, 0.2) is 206 Å². The normalized spacial score (nSPS) is 11.6. The van der Waals surface area contributed by atoms with E-state index in [1.165, 1.54) is 97.1 Å². The molecule has 10 aromatic carbocycles. The Balaban J connectivity index is 0.997. The van der Waals surface area contributed by atoms with E-state index in [0.29, 0.717) is 0 Å². The van der Waals surface area contributed by atoms with Crippen molar-refractivity contribution in [3.05, 3.63) is 212 Å². The highest BCUT2D eigenvalue weighted by Gasteiger charge is 2.20. The lowest BCUT2D eigenvalue weighted by Gasteiger charge is -2.26. The van der Waals surface area contributed by atoms with Crippen molar-refractivity contribution in [1.29, 1.82) is 0 Å². The Morgan fingerprint density at radius 1 is 0.333 bits per heavy atom. The highest BCUT2D eigenvalue weighted by Crippen LogP contribution is 2.48. The summed E-state index contributed by atoms with van der Waals surface area (Å²) in [6.45, 7) is 2.25. The maximum absolute atomic E-state index is 2.43. The van der Waals surface area contributed by atoms with Gasteiger partial charge >= 0.3 is 0 Å². The largest absolute Gasteiger partial charge is 0.309 e. The number of anilines is 3. The van der Waals surface area contributed by atoms with E-state index in [2.05, 4.69) is 218 Å². The van der Waals surface area contributed by atoms with Crippen molar-refractivity contribution in [2.45, 2.75) is 6.92 Å². The van der Waals surface area contributed by atoms with Crippen LogP contribution in [0.2, 0.25) is 0 Å². The Morgan fingerprint density at radius 2 is 0.807 bits per heavy atom. The Kier molecular flexibility index (Phi) is 7.98. The van der Waals surface area contributed by atoms with Gasteiger partial charge < -0.3 is 4.90 Å². The quantitative estimate of drug-likeness (QED) is 0.164. The first-order valence-electron chi connectivity index (χ1n) is 19.6. The maximum Gasteiger partial charge on any atom is 0.0640 e. The molecule has 0 saturated carbocycles. The number of hydrogen-bond donors (Lipinski definition) is 0. The fraction of sp³-hybridized carbons (Fsp3) is 0.0182. The predicted molar refractivity (Wildman–Crippen MR) is 248 cm³/mol. The number of benzene rings is 10. The van der Waals surface area contributed by atoms with Gasteiger partial charge in [0.15, 0.2) is 0 Å². The maximum atomic E-state index is 2.43. The van der Waals surface area contributed by atoms with Gasteiger partial charge in [-0.15, -0.1) is 11.3 Å². The number of aryl methyl sites for hydroxylation is 1. The molecule has 0 saturated heterocycles. The minimum absolute atomic E-state index is 1.12. The summed E-state index contributed by atoms with van der Waals surface area (Å²) in [5.74, 6) is 0. The second-order valence-corrected chi connectivity index (χ2v) is 16.0. The number of nitrogens with zero attached hydrogens (tertiary/aromatic N) is 1. The average molecular weight is 744 g/mol. The van der Waals surface area contributed by atoms with Crippen molar-refractivity contribution in [3.8, 4) is 33.4 Å². The van der Waals surface area contributed by atoms with Gasteiger partial charge in [0.05, 0.1) is 10.4 Å². The molecule has 0 aliphatic rings. The zero-order valence-electron chi connectivity index (χ0n) is 31.5. The molecule has 1 nitrogen and oxygen atoms in total. The highest BCUT2D eigenvalue weighted by atomic mass is 32.1. The third-order valence-electron chi connectivity index (χ3n) is 11.5. The Bertz CT molecular complexity index is 3280. The second kappa shape index (κ2) is 13.6. The molecule has 0 aliphatic heterocycles. The molecule has 0 bridgehead atoms. The van der Waals surface area contributed by atoms with Gasteiger partial charge in [-0.25, -0.2) is 0 Å². The first-order chi connectivity index (χ1) is 28.1. The summed E-state index contributed by atoms with van der Waals surface area (Å²) < 4.78 is 2.65. The minimum Gasteiger partial charge on any atom is -0.309 e. The summed E-state index contributed by atoms with van der Waals surface area (Å²) in [5.41, 5.74) is 12.1.